The van der Waals surface area contributed by atoms with E-state index in [1.807, 2.05) is 24.1 Å². The predicted molar refractivity (Wildman–Crippen MR) is 87.7 cm³/mol. The lowest BCUT2D eigenvalue weighted by Crippen LogP contribution is -2.45. The molecule has 2 fully saturated rings. The van der Waals surface area contributed by atoms with Gasteiger partial charge in [-0.1, -0.05) is 27.2 Å². The van der Waals surface area contributed by atoms with Crippen molar-refractivity contribution in [3.8, 4) is 0 Å². The van der Waals surface area contributed by atoms with E-state index in [4.69, 9.17) is 0 Å². The zero-order valence-corrected chi connectivity index (χ0v) is 14.3. The van der Waals surface area contributed by atoms with Crippen LogP contribution in [0.1, 0.15) is 55.5 Å². The van der Waals surface area contributed by atoms with Crippen molar-refractivity contribution in [1.82, 2.24) is 14.8 Å². The molecular formula is C16H27N3OS. The van der Waals surface area contributed by atoms with E-state index in [1.54, 1.807) is 11.3 Å². The first-order valence-corrected chi connectivity index (χ1v) is 9.10. The summed E-state index contributed by atoms with van der Waals surface area (Å²) in [6.07, 6.45) is 3.54. The summed E-state index contributed by atoms with van der Waals surface area (Å²) >= 11 is 1.62. The van der Waals surface area contributed by atoms with Crippen LogP contribution in [0.4, 0.5) is 0 Å². The normalized spacial score (nSPS) is 19.1. The van der Waals surface area contributed by atoms with Crippen LogP contribution in [0.3, 0.4) is 0 Å². The van der Waals surface area contributed by atoms with Crippen molar-refractivity contribution in [3.63, 3.8) is 0 Å². The Labute approximate surface area is 132 Å². The van der Waals surface area contributed by atoms with Gasteiger partial charge in [-0.2, -0.15) is 0 Å². The summed E-state index contributed by atoms with van der Waals surface area (Å²) in [6, 6.07) is 0. The Hall–Kier alpha value is -0.940. The molecule has 0 spiro atoms. The smallest absolute Gasteiger partial charge is 0.273 e. The molecule has 0 bridgehead atoms. The minimum atomic E-state index is 0.120. The zero-order chi connectivity index (χ0) is 15.2. The minimum Gasteiger partial charge on any atom is -0.337 e. The lowest BCUT2D eigenvalue weighted by Gasteiger charge is -2.38. The summed E-state index contributed by atoms with van der Waals surface area (Å²) < 4.78 is 0. The van der Waals surface area contributed by atoms with E-state index >= 15 is 0 Å². The molecule has 3 rings (SSSR count). The molecule has 0 atom stereocenters. The second-order valence-electron chi connectivity index (χ2n) is 5.59. The lowest BCUT2D eigenvalue weighted by atomic mass is 9.98. The highest BCUT2D eigenvalue weighted by Gasteiger charge is 2.26. The summed E-state index contributed by atoms with van der Waals surface area (Å²) in [5.41, 5.74) is 0.648. The van der Waals surface area contributed by atoms with Gasteiger partial charge in [0.15, 0.2) is 0 Å². The maximum atomic E-state index is 12.2. The van der Waals surface area contributed by atoms with Crippen molar-refractivity contribution in [2.75, 3.05) is 26.2 Å². The summed E-state index contributed by atoms with van der Waals surface area (Å²) in [5.74, 6) is 0.987. The Morgan fingerprint density at radius 2 is 2.00 bits per heavy atom. The number of carbonyl (C=O) groups excluding carboxylic acids is 1. The highest BCUT2D eigenvalue weighted by Crippen LogP contribution is 2.23. The molecule has 0 aromatic carbocycles. The highest BCUT2D eigenvalue weighted by molar-refractivity contribution is 7.09. The van der Waals surface area contributed by atoms with Gasteiger partial charge in [0, 0.05) is 31.6 Å². The summed E-state index contributed by atoms with van der Waals surface area (Å²) in [6.45, 7) is 11.3. The monoisotopic (exact) mass is 309 g/mol. The average molecular weight is 309 g/mol. The van der Waals surface area contributed by atoms with Crippen molar-refractivity contribution in [2.45, 2.75) is 46.6 Å². The van der Waals surface area contributed by atoms with Gasteiger partial charge in [0.1, 0.15) is 10.7 Å². The van der Waals surface area contributed by atoms with E-state index < -0.39 is 0 Å². The number of hydrogen-bond acceptors (Lipinski definition) is 4. The van der Waals surface area contributed by atoms with Crippen LogP contribution in [0.2, 0.25) is 0 Å². The summed E-state index contributed by atoms with van der Waals surface area (Å²) in [5, 5.41) is 3.00. The van der Waals surface area contributed by atoms with Crippen molar-refractivity contribution in [2.24, 2.45) is 5.92 Å². The topological polar surface area (TPSA) is 36.4 Å². The van der Waals surface area contributed by atoms with Crippen LogP contribution in [-0.2, 0) is 6.54 Å². The van der Waals surface area contributed by atoms with E-state index in [-0.39, 0.29) is 5.91 Å². The number of aromatic nitrogens is 1. The van der Waals surface area contributed by atoms with Crippen LogP contribution < -0.4 is 0 Å². The molecular weight excluding hydrogens is 282 g/mol. The quantitative estimate of drug-likeness (QED) is 0.856. The molecule has 0 aliphatic carbocycles. The Morgan fingerprint density at radius 3 is 2.62 bits per heavy atom. The molecule has 2 saturated heterocycles. The van der Waals surface area contributed by atoms with E-state index in [9.17, 15) is 4.79 Å². The number of nitrogens with zero attached hydrogens (tertiary/aromatic N) is 3. The van der Waals surface area contributed by atoms with Gasteiger partial charge in [-0.15, -0.1) is 11.3 Å². The maximum Gasteiger partial charge on any atom is 0.273 e. The molecule has 2 aliphatic heterocycles. The maximum absolute atomic E-state index is 12.2. The van der Waals surface area contributed by atoms with E-state index in [2.05, 4.69) is 16.8 Å². The summed E-state index contributed by atoms with van der Waals surface area (Å²) in [4.78, 5) is 21.0. The fraction of sp³-hybridized carbons (Fsp3) is 0.750. The predicted octanol–water partition coefficient (Wildman–Crippen LogP) is 3.25. The van der Waals surface area contributed by atoms with Crippen molar-refractivity contribution < 1.29 is 4.79 Å². The number of carbonyl (C=O) groups is 1. The van der Waals surface area contributed by atoms with Gasteiger partial charge in [-0.05, 0) is 18.8 Å². The fourth-order valence-corrected chi connectivity index (χ4v) is 3.63. The van der Waals surface area contributed by atoms with Gasteiger partial charge in [0.2, 0.25) is 0 Å². The molecule has 2 aliphatic rings. The standard InChI is InChI=1S/C14H21N3OS.C2H6/c1-2-11-7-16(8-11)9-13-15-12(10-19-13)14(18)17-5-3-4-6-17;1-2/h10-11H,2-9H2,1H3;1-2H3. The molecule has 5 heteroatoms. The van der Waals surface area contributed by atoms with Crippen LogP contribution in [0.5, 0.6) is 0 Å². The number of amides is 1. The number of likely N-dealkylation sites (tertiary alicyclic amines) is 2. The third-order valence-electron chi connectivity index (χ3n) is 4.13. The molecule has 0 radical (unpaired) electrons. The molecule has 21 heavy (non-hydrogen) atoms. The molecule has 1 amide bonds. The van der Waals surface area contributed by atoms with Crippen LogP contribution in [-0.4, -0.2) is 46.9 Å². The molecule has 0 N–H and O–H groups in total. The average Bonchev–Trinajstić information content (AvgIpc) is 3.15. The first-order chi connectivity index (χ1) is 10.3. The van der Waals surface area contributed by atoms with Crippen LogP contribution in [0.25, 0.3) is 0 Å². The lowest BCUT2D eigenvalue weighted by molar-refractivity contribution is 0.0784. The summed E-state index contributed by atoms with van der Waals surface area (Å²) in [7, 11) is 0. The molecule has 118 valence electrons. The number of rotatable bonds is 4. The van der Waals surface area contributed by atoms with Gasteiger partial charge in [0.25, 0.3) is 5.91 Å². The Balaban J connectivity index is 0.000000774. The molecule has 4 nitrogen and oxygen atoms in total. The van der Waals surface area contributed by atoms with Gasteiger partial charge in [0.05, 0.1) is 6.54 Å². The highest BCUT2D eigenvalue weighted by atomic mass is 32.1. The van der Waals surface area contributed by atoms with Crippen molar-refractivity contribution in [1.29, 1.82) is 0 Å². The Bertz CT molecular complexity index is 448. The van der Waals surface area contributed by atoms with Gasteiger partial charge in [-0.25, -0.2) is 4.98 Å². The third-order valence-corrected chi connectivity index (χ3v) is 4.97. The minimum absolute atomic E-state index is 0.120. The van der Waals surface area contributed by atoms with Gasteiger partial charge in [-0.3, -0.25) is 9.69 Å². The molecule has 3 heterocycles. The van der Waals surface area contributed by atoms with Crippen LogP contribution in [0, 0.1) is 5.92 Å². The van der Waals surface area contributed by atoms with E-state index in [0.717, 1.165) is 43.4 Å². The van der Waals surface area contributed by atoms with E-state index in [1.165, 1.54) is 19.5 Å². The zero-order valence-electron chi connectivity index (χ0n) is 13.5. The fourth-order valence-electron chi connectivity index (χ4n) is 2.82. The second kappa shape index (κ2) is 7.90. The van der Waals surface area contributed by atoms with Crippen LogP contribution in [0.15, 0.2) is 5.38 Å². The largest absolute Gasteiger partial charge is 0.337 e. The van der Waals surface area contributed by atoms with Gasteiger partial charge >= 0.3 is 0 Å². The number of hydrogen-bond donors (Lipinski definition) is 0. The van der Waals surface area contributed by atoms with Gasteiger partial charge < -0.3 is 4.90 Å². The van der Waals surface area contributed by atoms with E-state index in [0.29, 0.717) is 5.69 Å². The second-order valence-corrected chi connectivity index (χ2v) is 6.54. The first-order valence-electron chi connectivity index (χ1n) is 8.22. The third kappa shape index (κ3) is 4.04. The van der Waals surface area contributed by atoms with Crippen molar-refractivity contribution in [3.05, 3.63) is 16.1 Å². The van der Waals surface area contributed by atoms with Crippen molar-refractivity contribution >= 4 is 17.2 Å². The molecule has 0 saturated carbocycles. The first kappa shape index (κ1) is 16.4. The molecule has 1 aromatic rings. The number of thiazole rings is 1. The Morgan fingerprint density at radius 1 is 1.33 bits per heavy atom. The molecule has 0 unspecified atom stereocenters. The SMILES string of the molecule is CC.CCC1CN(Cc2nc(C(=O)N3CCCC3)cs2)C1. The van der Waals surface area contributed by atoms with Crippen LogP contribution >= 0.6 is 11.3 Å². The Kier molecular flexibility index (Phi) is 6.18. The molecule has 1 aromatic heterocycles.